The van der Waals surface area contributed by atoms with E-state index in [4.69, 9.17) is 11.6 Å². The van der Waals surface area contributed by atoms with Crippen molar-refractivity contribution >= 4 is 11.6 Å². The third-order valence-electron chi connectivity index (χ3n) is 2.46. The first kappa shape index (κ1) is 8.92. The number of halogens is 1. The molecule has 0 amide bonds. The first-order valence-corrected chi connectivity index (χ1v) is 5.31. The molecule has 0 atom stereocenters. The van der Waals surface area contributed by atoms with E-state index in [1.165, 1.54) is 12.8 Å². The van der Waals surface area contributed by atoms with E-state index < -0.39 is 0 Å². The second-order valence-electron chi connectivity index (χ2n) is 3.72. The maximum Gasteiger partial charge on any atom is 0.196 e. The van der Waals surface area contributed by atoms with Crippen molar-refractivity contribution in [2.75, 3.05) is 0 Å². The van der Waals surface area contributed by atoms with Gasteiger partial charge in [0, 0.05) is 10.6 Å². The first-order valence-electron chi connectivity index (χ1n) is 4.93. The van der Waals surface area contributed by atoms with Crippen molar-refractivity contribution in [1.29, 1.82) is 0 Å². The van der Waals surface area contributed by atoms with Crippen LogP contribution in [0, 0.1) is 6.33 Å². The molecule has 0 unspecified atom stereocenters. The van der Waals surface area contributed by atoms with E-state index in [0.717, 1.165) is 16.4 Å². The Bertz CT molecular complexity index is 471. The summed E-state index contributed by atoms with van der Waals surface area (Å²) in [5.74, 6) is 0.721. The van der Waals surface area contributed by atoms with Crippen LogP contribution in [0.15, 0.2) is 24.3 Å². The highest BCUT2D eigenvalue weighted by Gasteiger charge is 2.25. The lowest BCUT2D eigenvalue weighted by molar-refractivity contribution is 0.636. The Balaban J connectivity index is 1.93. The third kappa shape index (κ3) is 1.75. The van der Waals surface area contributed by atoms with Crippen LogP contribution in [-0.4, -0.2) is 14.8 Å². The van der Waals surface area contributed by atoms with Crippen molar-refractivity contribution < 1.29 is 0 Å². The van der Waals surface area contributed by atoms with Gasteiger partial charge in [-0.25, -0.2) is 9.67 Å². The Morgan fingerprint density at radius 3 is 2.67 bits per heavy atom. The summed E-state index contributed by atoms with van der Waals surface area (Å²) in [5.41, 5.74) is 0.982. The fourth-order valence-electron chi connectivity index (χ4n) is 1.45. The SMILES string of the molecule is Clc1ccc(-c2n[c]n(C3CC3)n2)cc1. The molecule has 1 fully saturated rings. The molecule has 2 aromatic rings. The van der Waals surface area contributed by atoms with Gasteiger partial charge in [-0.3, -0.25) is 0 Å². The fraction of sp³-hybridized carbons (Fsp3) is 0.273. The van der Waals surface area contributed by atoms with Crippen molar-refractivity contribution in [2.45, 2.75) is 18.9 Å². The highest BCUT2D eigenvalue weighted by molar-refractivity contribution is 6.30. The van der Waals surface area contributed by atoms with Crippen LogP contribution in [0.5, 0.6) is 0 Å². The predicted molar refractivity (Wildman–Crippen MR) is 57.6 cm³/mol. The van der Waals surface area contributed by atoms with Crippen LogP contribution in [-0.2, 0) is 0 Å². The molecular formula is C11H9ClN3. The van der Waals surface area contributed by atoms with Gasteiger partial charge in [0.25, 0.3) is 0 Å². The Morgan fingerprint density at radius 1 is 1.27 bits per heavy atom. The normalized spacial score (nSPS) is 15.5. The molecular weight excluding hydrogens is 210 g/mol. The molecule has 0 saturated heterocycles. The van der Waals surface area contributed by atoms with Gasteiger partial charge in [-0.15, -0.1) is 0 Å². The van der Waals surface area contributed by atoms with Crippen LogP contribution >= 0.6 is 11.6 Å². The van der Waals surface area contributed by atoms with Crippen molar-refractivity contribution in [1.82, 2.24) is 14.8 Å². The van der Waals surface area contributed by atoms with Gasteiger partial charge in [-0.05, 0) is 37.1 Å². The molecule has 0 bridgehead atoms. The summed E-state index contributed by atoms with van der Waals surface area (Å²) in [7, 11) is 0. The number of rotatable bonds is 2. The van der Waals surface area contributed by atoms with Gasteiger partial charge in [0.2, 0.25) is 0 Å². The predicted octanol–water partition coefficient (Wildman–Crippen LogP) is 2.73. The quantitative estimate of drug-likeness (QED) is 0.776. The molecule has 1 heterocycles. The lowest BCUT2D eigenvalue weighted by atomic mass is 10.2. The van der Waals surface area contributed by atoms with E-state index in [1.807, 2.05) is 28.9 Å². The highest BCUT2D eigenvalue weighted by atomic mass is 35.5. The Morgan fingerprint density at radius 2 is 2.00 bits per heavy atom. The van der Waals surface area contributed by atoms with Gasteiger partial charge in [-0.2, -0.15) is 5.10 Å². The number of nitrogens with zero attached hydrogens (tertiary/aromatic N) is 3. The summed E-state index contributed by atoms with van der Waals surface area (Å²) < 4.78 is 1.82. The second-order valence-corrected chi connectivity index (χ2v) is 4.15. The van der Waals surface area contributed by atoms with Gasteiger partial charge in [0.15, 0.2) is 12.2 Å². The van der Waals surface area contributed by atoms with Gasteiger partial charge in [0.1, 0.15) is 0 Å². The molecule has 1 saturated carbocycles. The zero-order chi connectivity index (χ0) is 10.3. The lowest BCUT2D eigenvalue weighted by Gasteiger charge is -1.95. The summed E-state index contributed by atoms with van der Waals surface area (Å²) in [4.78, 5) is 4.16. The molecule has 4 heteroatoms. The van der Waals surface area contributed by atoms with E-state index in [2.05, 4.69) is 16.4 Å². The third-order valence-corrected chi connectivity index (χ3v) is 2.71. The number of hydrogen-bond acceptors (Lipinski definition) is 2. The zero-order valence-electron chi connectivity index (χ0n) is 8.02. The molecule has 1 aromatic carbocycles. The topological polar surface area (TPSA) is 30.7 Å². The van der Waals surface area contributed by atoms with Crippen molar-refractivity contribution in [3.05, 3.63) is 35.6 Å². The van der Waals surface area contributed by atoms with Crippen LogP contribution in [0.4, 0.5) is 0 Å². The fourth-order valence-corrected chi connectivity index (χ4v) is 1.57. The van der Waals surface area contributed by atoms with E-state index in [-0.39, 0.29) is 0 Å². The average Bonchev–Trinajstić information content (AvgIpc) is 2.99. The number of benzene rings is 1. The molecule has 75 valence electrons. The van der Waals surface area contributed by atoms with Crippen molar-refractivity contribution in [3.8, 4) is 11.4 Å². The summed E-state index contributed by atoms with van der Waals surface area (Å²) in [5, 5.41) is 5.11. The van der Waals surface area contributed by atoms with Gasteiger partial charge < -0.3 is 0 Å². The summed E-state index contributed by atoms with van der Waals surface area (Å²) in [6.07, 6.45) is 5.29. The van der Waals surface area contributed by atoms with E-state index in [0.29, 0.717) is 6.04 Å². The molecule has 1 aromatic heterocycles. The molecule has 0 aliphatic heterocycles. The zero-order valence-corrected chi connectivity index (χ0v) is 8.78. The van der Waals surface area contributed by atoms with E-state index in [1.54, 1.807) is 0 Å². The molecule has 15 heavy (non-hydrogen) atoms. The maximum atomic E-state index is 5.81. The summed E-state index contributed by atoms with van der Waals surface area (Å²) in [6.45, 7) is 0. The smallest absolute Gasteiger partial charge is 0.196 e. The minimum atomic E-state index is 0.526. The van der Waals surface area contributed by atoms with Crippen LogP contribution in [0.25, 0.3) is 11.4 Å². The molecule has 1 radical (unpaired) electrons. The Hall–Kier alpha value is -1.35. The molecule has 0 spiro atoms. The van der Waals surface area contributed by atoms with E-state index in [9.17, 15) is 0 Å². The van der Waals surface area contributed by atoms with Gasteiger partial charge in [0.05, 0.1) is 6.04 Å². The molecule has 1 aliphatic carbocycles. The standard InChI is InChI=1S/C11H9ClN3/c12-9-3-1-8(2-4-9)11-13-7-15(14-11)10-5-6-10/h1-4,10H,5-6H2. The minimum Gasteiger partial charge on any atom is -0.239 e. The number of aromatic nitrogens is 3. The van der Waals surface area contributed by atoms with Gasteiger partial charge in [-0.1, -0.05) is 11.6 Å². The van der Waals surface area contributed by atoms with Crippen molar-refractivity contribution in [3.63, 3.8) is 0 Å². The molecule has 3 nitrogen and oxygen atoms in total. The van der Waals surface area contributed by atoms with Crippen LogP contribution < -0.4 is 0 Å². The number of hydrogen-bond donors (Lipinski definition) is 0. The van der Waals surface area contributed by atoms with E-state index >= 15 is 0 Å². The van der Waals surface area contributed by atoms with Crippen molar-refractivity contribution in [2.24, 2.45) is 0 Å². The van der Waals surface area contributed by atoms with Gasteiger partial charge >= 0.3 is 0 Å². The Labute approximate surface area is 92.7 Å². The lowest BCUT2D eigenvalue weighted by Crippen LogP contribution is -1.94. The van der Waals surface area contributed by atoms with Crippen LogP contribution in [0.3, 0.4) is 0 Å². The van der Waals surface area contributed by atoms with Crippen LogP contribution in [0.1, 0.15) is 18.9 Å². The monoisotopic (exact) mass is 218 g/mol. The maximum absolute atomic E-state index is 5.81. The average molecular weight is 219 g/mol. The molecule has 1 aliphatic rings. The summed E-state index contributed by atoms with van der Waals surface area (Å²) >= 11 is 5.81. The molecule has 0 N–H and O–H groups in total. The second kappa shape index (κ2) is 3.35. The minimum absolute atomic E-state index is 0.526. The van der Waals surface area contributed by atoms with Crippen LogP contribution in [0.2, 0.25) is 5.02 Å². The highest BCUT2D eigenvalue weighted by Crippen LogP contribution is 2.34. The first-order chi connectivity index (χ1) is 7.33. The molecule has 3 rings (SSSR count). The largest absolute Gasteiger partial charge is 0.239 e. The summed E-state index contributed by atoms with van der Waals surface area (Å²) in [6, 6.07) is 8.05. The Kier molecular flexibility index (Phi) is 1.99.